The summed E-state index contributed by atoms with van der Waals surface area (Å²) in [4.78, 5) is 26.3. The fourth-order valence-electron chi connectivity index (χ4n) is 6.87. The van der Waals surface area contributed by atoms with Crippen LogP contribution in [0.3, 0.4) is 0 Å². The van der Waals surface area contributed by atoms with Crippen molar-refractivity contribution in [3.05, 3.63) is 139 Å². The van der Waals surface area contributed by atoms with E-state index in [1.54, 1.807) is 0 Å². The van der Waals surface area contributed by atoms with Crippen LogP contribution in [0, 0.1) is 17.3 Å². The predicted octanol–water partition coefficient (Wildman–Crippen LogP) is 5.31. The summed E-state index contributed by atoms with van der Waals surface area (Å²) in [5.41, 5.74) is -0.103. The molecular formula is C37H38O4Sn. The van der Waals surface area contributed by atoms with E-state index in [-0.39, 0.29) is 11.8 Å². The first-order valence-electron chi connectivity index (χ1n) is 14.6. The molecule has 0 bridgehead atoms. The first-order chi connectivity index (χ1) is 20.5. The third kappa shape index (κ3) is 5.96. The minimum absolute atomic E-state index is 0.0229. The summed E-state index contributed by atoms with van der Waals surface area (Å²) in [5, 5.41) is 0. The van der Waals surface area contributed by atoms with Gasteiger partial charge in [0, 0.05) is 0 Å². The van der Waals surface area contributed by atoms with E-state index in [9.17, 15) is 9.59 Å². The van der Waals surface area contributed by atoms with Crippen molar-refractivity contribution >= 4 is 41.1 Å². The fourth-order valence-corrected chi connectivity index (χ4v) is 19.7. The number of allylic oxidation sites excluding steroid dienone is 2. The molecule has 2 atom stereocenters. The third-order valence-electron chi connectivity index (χ3n) is 8.90. The molecule has 1 saturated carbocycles. The maximum absolute atomic E-state index is 13.1. The maximum atomic E-state index is 13.1. The van der Waals surface area contributed by atoms with Gasteiger partial charge < -0.3 is 0 Å². The van der Waals surface area contributed by atoms with E-state index in [2.05, 4.69) is 115 Å². The molecule has 0 spiro atoms. The van der Waals surface area contributed by atoms with Gasteiger partial charge in [-0.15, -0.1) is 0 Å². The number of carbonyl (C=O) groups excluding carboxylic acids is 2. The summed E-state index contributed by atoms with van der Waals surface area (Å²) in [5.74, 6) is -0.893. The second kappa shape index (κ2) is 13.6. The Bertz CT molecular complexity index is 1370. The van der Waals surface area contributed by atoms with E-state index in [0.717, 1.165) is 10.9 Å². The number of hydrogen-bond acceptors (Lipinski definition) is 4. The normalized spacial score (nSPS) is 18.0. The molecule has 4 aromatic carbocycles. The van der Waals surface area contributed by atoms with Crippen LogP contribution in [0.2, 0.25) is 4.44 Å². The number of rotatable bonds is 10. The molecule has 1 aliphatic carbocycles. The zero-order valence-electron chi connectivity index (χ0n) is 24.3. The zero-order chi connectivity index (χ0) is 29.4. The molecule has 5 rings (SSSR count). The van der Waals surface area contributed by atoms with Crippen molar-refractivity contribution < 1.29 is 19.1 Å². The fraction of sp³-hybridized carbons (Fsp3) is 0.243. The summed E-state index contributed by atoms with van der Waals surface area (Å²) in [6.07, 6.45) is 6.18. The predicted molar refractivity (Wildman–Crippen MR) is 171 cm³/mol. The number of methoxy groups -OCH3 is 2. The van der Waals surface area contributed by atoms with Gasteiger partial charge in [-0.05, 0) is 0 Å². The molecular weight excluding hydrogens is 627 g/mol. The van der Waals surface area contributed by atoms with Crippen LogP contribution in [0.15, 0.2) is 133 Å². The summed E-state index contributed by atoms with van der Waals surface area (Å²) < 4.78 is 15.5. The van der Waals surface area contributed by atoms with Gasteiger partial charge in [0.15, 0.2) is 0 Å². The zero-order valence-corrected chi connectivity index (χ0v) is 27.2. The summed E-state index contributed by atoms with van der Waals surface area (Å²) >= 11 is -3.50. The third-order valence-corrected chi connectivity index (χ3v) is 22.6. The van der Waals surface area contributed by atoms with E-state index in [0.29, 0.717) is 12.8 Å². The van der Waals surface area contributed by atoms with Crippen LogP contribution in [-0.4, -0.2) is 44.5 Å². The standard InChI is InChI=1S/C19H23O4.3C6H5.Sn/c1-4-8-15-12-19(17(20)22-2,18(21)23-3)13-16(15)11-14-9-6-5-7-10-14;3*1-2-4-6-5-3-1;/h4-10,15-16H,1,11-13H2,2-3H3;3*1-5H;/b8-4+;;;;/t15-,16+;;;;/m1..../s1. The minimum atomic E-state index is -3.50. The molecule has 0 heterocycles. The van der Waals surface area contributed by atoms with Gasteiger partial charge in [-0.3, -0.25) is 0 Å². The molecule has 0 radical (unpaired) electrons. The van der Waals surface area contributed by atoms with E-state index >= 15 is 0 Å². The number of benzene rings is 4. The summed E-state index contributed by atoms with van der Waals surface area (Å²) in [6, 6.07) is 43.1. The van der Waals surface area contributed by atoms with Gasteiger partial charge in [0.05, 0.1) is 0 Å². The number of hydrogen-bond donors (Lipinski definition) is 0. The molecule has 1 aliphatic rings. The van der Waals surface area contributed by atoms with E-state index in [1.807, 2.05) is 18.2 Å². The Morgan fingerprint density at radius 3 is 1.55 bits per heavy atom. The summed E-state index contributed by atoms with van der Waals surface area (Å²) in [7, 11) is 2.70. The van der Waals surface area contributed by atoms with Gasteiger partial charge in [0.2, 0.25) is 0 Å². The van der Waals surface area contributed by atoms with E-state index < -0.39 is 35.7 Å². The Labute approximate surface area is 253 Å². The average Bonchev–Trinajstić information content (AvgIpc) is 3.43. The number of carbonyl (C=O) groups is 2. The monoisotopic (exact) mass is 666 g/mol. The Morgan fingerprint density at radius 2 is 1.12 bits per heavy atom. The van der Waals surface area contributed by atoms with Crippen molar-refractivity contribution in [1.82, 2.24) is 0 Å². The van der Waals surface area contributed by atoms with E-state index in [1.165, 1.54) is 30.5 Å². The molecule has 5 heteroatoms. The van der Waals surface area contributed by atoms with Gasteiger partial charge in [-0.1, -0.05) is 0 Å². The van der Waals surface area contributed by atoms with Crippen LogP contribution < -0.4 is 10.7 Å². The number of ether oxygens (including phenoxy) is 2. The van der Waals surface area contributed by atoms with Gasteiger partial charge in [-0.2, -0.15) is 0 Å². The Hall–Kier alpha value is -3.64. The van der Waals surface area contributed by atoms with Gasteiger partial charge in [-0.25, -0.2) is 0 Å². The van der Waals surface area contributed by atoms with Crippen LogP contribution >= 0.6 is 0 Å². The van der Waals surface area contributed by atoms with Crippen molar-refractivity contribution in [3.63, 3.8) is 0 Å². The quantitative estimate of drug-likeness (QED) is 0.0998. The van der Waals surface area contributed by atoms with Crippen LogP contribution in [0.1, 0.15) is 18.4 Å². The number of esters is 2. The van der Waals surface area contributed by atoms with Gasteiger partial charge in [0.1, 0.15) is 0 Å². The van der Waals surface area contributed by atoms with Crippen molar-refractivity contribution in [3.8, 4) is 0 Å². The average molecular weight is 665 g/mol. The molecule has 4 nitrogen and oxygen atoms in total. The first kappa shape index (κ1) is 29.8. The molecule has 0 amide bonds. The Kier molecular flexibility index (Phi) is 9.63. The SMILES string of the molecule is COC(=O)C1(C(=O)OC)C[C@H](Cc2ccccc2)[C@H](/C=C/[CH2][Sn]([c]2ccccc2)([c]2ccccc2)[c]2ccccc2)C1. The second-order valence-corrected chi connectivity index (χ2v) is 22.5. The molecule has 1 fully saturated rings. The van der Waals surface area contributed by atoms with Crippen LogP contribution in [0.25, 0.3) is 0 Å². The van der Waals surface area contributed by atoms with E-state index in [4.69, 9.17) is 9.47 Å². The molecule has 0 aliphatic heterocycles. The van der Waals surface area contributed by atoms with Crippen molar-refractivity contribution in [2.75, 3.05) is 14.2 Å². The molecule has 0 aromatic heterocycles. The molecule has 0 saturated heterocycles. The first-order valence-corrected chi connectivity index (χ1v) is 20.9. The summed E-state index contributed by atoms with van der Waals surface area (Å²) in [6.45, 7) is 0. The Morgan fingerprint density at radius 1 is 0.690 bits per heavy atom. The molecule has 0 N–H and O–H groups in total. The molecule has 4 aromatic rings. The van der Waals surface area contributed by atoms with Gasteiger partial charge >= 0.3 is 254 Å². The molecule has 42 heavy (non-hydrogen) atoms. The van der Waals surface area contributed by atoms with Gasteiger partial charge in [0.25, 0.3) is 0 Å². The van der Waals surface area contributed by atoms with Crippen LogP contribution in [0.5, 0.6) is 0 Å². The molecule has 0 unspecified atom stereocenters. The molecule has 214 valence electrons. The Balaban J connectivity index is 1.56. The second-order valence-electron chi connectivity index (χ2n) is 11.2. The van der Waals surface area contributed by atoms with Crippen molar-refractivity contribution in [1.29, 1.82) is 0 Å². The van der Waals surface area contributed by atoms with Crippen LogP contribution in [-0.2, 0) is 25.5 Å². The topological polar surface area (TPSA) is 52.6 Å². The van der Waals surface area contributed by atoms with Crippen molar-refractivity contribution in [2.45, 2.75) is 23.7 Å². The van der Waals surface area contributed by atoms with Crippen LogP contribution in [0.4, 0.5) is 0 Å². The van der Waals surface area contributed by atoms with Crippen molar-refractivity contribution in [2.24, 2.45) is 17.3 Å².